The highest BCUT2D eigenvalue weighted by Gasteiger charge is 2.22. The summed E-state index contributed by atoms with van der Waals surface area (Å²) in [4.78, 5) is 18.3. The maximum absolute atomic E-state index is 13.9. The van der Waals surface area contributed by atoms with Gasteiger partial charge in [-0.25, -0.2) is 4.39 Å². The van der Waals surface area contributed by atoms with Crippen LogP contribution < -0.4 is 4.90 Å². The molecule has 2 aromatic carbocycles. The first-order valence-corrected chi connectivity index (χ1v) is 9.59. The molecular weight excluding hydrogens is 388 g/mol. The first-order chi connectivity index (χ1) is 12.9. The van der Waals surface area contributed by atoms with E-state index in [9.17, 15) is 9.18 Å². The van der Waals surface area contributed by atoms with Crippen molar-refractivity contribution in [3.63, 3.8) is 0 Å². The van der Waals surface area contributed by atoms with Gasteiger partial charge in [-0.05, 0) is 29.8 Å². The summed E-state index contributed by atoms with van der Waals surface area (Å²) >= 11 is 12.0. The van der Waals surface area contributed by atoms with Crippen LogP contribution >= 0.6 is 23.2 Å². The Morgan fingerprint density at radius 1 is 1.07 bits per heavy atom. The van der Waals surface area contributed by atoms with Crippen molar-refractivity contribution in [1.82, 2.24) is 9.80 Å². The van der Waals surface area contributed by atoms with E-state index in [-0.39, 0.29) is 11.7 Å². The fraction of sp³-hybridized carbons (Fsp3) is 0.350. The van der Waals surface area contributed by atoms with Gasteiger partial charge in [0.15, 0.2) is 0 Å². The number of nitrogens with zero attached hydrogens (tertiary/aromatic N) is 3. The second-order valence-electron chi connectivity index (χ2n) is 6.71. The van der Waals surface area contributed by atoms with Crippen LogP contribution in [-0.4, -0.2) is 55.5 Å². The van der Waals surface area contributed by atoms with Crippen molar-refractivity contribution in [3.8, 4) is 0 Å². The maximum Gasteiger partial charge on any atom is 0.236 e. The summed E-state index contributed by atoms with van der Waals surface area (Å²) < 4.78 is 13.9. The quantitative estimate of drug-likeness (QED) is 0.748. The Morgan fingerprint density at radius 3 is 2.44 bits per heavy atom. The van der Waals surface area contributed by atoms with Gasteiger partial charge < -0.3 is 9.80 Å². The van der Waals surface area contributed by atoms with Gasteiger partial charge >= 0.3 is 0 Å². The van der Waals surface area contributed by atoms with Crippen molar-refractivity contribution < 1.29 is 9.18 Å². The monoisotopic (exact) mass is 409 g/mol. The van der Waals surface area contributed by atoms with E-state index in [4.69, 9.17) is 23.2 Å². The van der Waals surface area contributed by atoms with Crippen LogP contribution in [0.15, 0.2) is 42.5 Å². The summed E-state index contributed by atoms with van der Waals surface area (Å²) in [6.07, 6.45) is 0. The summed E-state index contributed by atoms with van der Waals surface area (Å²) in [7, 11) is 1.78. The molecule has 0 N–H and O–H groups in total. The van der Waals surface area contributed by atoms with Gasteiger partial charge in [-0.15, -0.1) is 0 Å². The highest BCUT2D eigenvalue weighted by atomic mass is 35.5. The largest absolute Gasteiger partial charge is 0.367 e. The molecule has 0 radical (unpaired) electrons. The lowest BCUT2D eigenvalue weighted by atomic mass is 10.2. The predicted octanol–water partition coefficient (Wildman–Crippen LogP) is 3.91. The van der Waals surface area contributed by atoms with E-state index in [2.05, 4.69) is 4.90 Å². The number of hydrogen-bond acceptors (Lipinski definition) is 3. The molecule has 0 unspecified atom stereocenters. The molecular formula is C20H22Cl2FN3O. The van der Waals surface area contributed by atoms with Crippen molar-refractivity contribution in [2.24, 2.45) is 0 Å². The fourth-order valence-corrected chi connectivity index (χ4v) is 3.49. The Morgan fingerprint density at radius 2 is 1.78 bits per heavy atom. The van der Waals surface area contributed by atoms with Gasteiger partial charge in [-0.1, -0.05) is 41.4 Å². The molecule has 0 spiro atoms. The van der Waals surface area contributed by atoms with Crippen LogP contribution in [0.3, 0.4) is 0 Å². The number of likely N-dealkylation sites (N-methyl/N-ethyl adjacent to an activating group) is 1. The first-order valence-electron chi connectivity index (χ1n) is 8.84. The lowest BCUT2D eigenvalue weighted by molar-refractivity contribution is -0.131. The summed E-state index contributed by atoms with van der Waals surface area (Å²) in [5.74, 6) is -0.163. The van der Waals surface area contributed by atoms with Crippen LogP contribution in [-0.2, 0) is 11.3 Å². The average Bonchev–Trinajstić information content (AvgIpc) is 2.66. The summed E-state index contributed by atoms with van der Waals surface area (Å²) in [6, 6.07) is 12.2. The zero-order chi connectivity index (χ0) is 19.4. The summed E-state index contributed by atoms with van der Waals surface area (Å²) in [6.45, 7) is 3.67. The smallest absolute Gasteiger partial charge is 0.236 e. The molecule has 7 heteroatoms. The number of hydrogen-bond donors (Lipinski definition) is 0. The molecule has 4 nitrogen and oxygen atoms in total. The van der Waals surface area contributed by atoms with Crippen LogP contribution in [0.2, 0.25) is 10.0 Å². The highest BCUT2D eigenvalue weighted by molar-refractivity contribution is 6.42. The molecule has 0 bridgehead atoms. The molecule has 1 aliphatic heterocycles. The van der Waals surface area contributed by atoms with E-state index < -0.39 is 0 Å². The molecule has 0 aromatic heterocycles. The molecule has 3 rings (SSSR count). The lowest BCUT2D eigenvalue weighted by Gasteiger charge is -2.36. The number of halogens is 3. The number of carbonyl (C=O) groups excluding carboxylic acids is 1. The van der Waals surface area contributed by atoms with Crippen LogP contribution in [0.25, 0.3) is 0 Å². The lowest BCUT2D eigenvalue weighted by Crippen LogP contribution is -2.49. The number of carbonyl (C=O) groups is 1. The minimum atomic E-state index is -0.205. The molecule has 0 aliphatic carbocycles. The third-order valence-corrected chi connectivity index (χ3v) is 5.49. The second-order valence-corrected chi connectivity index (χ2v) is 7.53. The van der Waals surface area contributed by atoms with Crippen LogP contribution in [0.4, 0.5) is 10.1 Å². The number of anilines is 1. The molecule has 0 atom stereocenters. The molecule has 1 saturated heterocycles. The van der Waals surface area contributed by atoms with Crippen molar-refractivity contribution in [1.29, 1.82) is 0 Å². The van der Waals surface area contributed by atoms with E-state index in [0.717, 1.165) is 18.7 Å². The Hall–Kier alpha value is -1.82. The molecule has 1 aliphatic rings. The predicted molar refractivity (Wildman–Crippen MR) is 108 cm³/mol. The Labute approximate surface area is 169 Å². The van der Waals surface area contributed by atoms with Crippen molar-refractivity contribution in [3.05, 3.63) is 63.9 Å². The van der Waals surface area contributed by atoms with Crippen LogP contribution in [0, 0.1) is 5.82 Å². The summed E-state index contributed by atoms with van der Waals surface area (Å²) in [5, 5.41) is 0.987. The highest BCUT2D eigenvalue weighted by Crippen LogP contribution is 2.23. The van der Waals surface area contributed by atoms with Crippen LogP contribution in [0.5, 0.6) is 0 Å². The minimum absolute atomic E-state index is 0.0421. The number of para-hydroxylation sites is 1. The van der Waals surface area contributed by atoms with Gasteiger partial charge in [-0.3, -0.25) is 9.69 Å². The van der Waals surface area contributed by atoms with Crippen molar-refractivity contribution in [2.75, 3.05) is 44.7 Å². The first kappa shape index (κ1) is 19.9. The molecule has 1 heterocycles. The van der Waals surface area contributed by atoms with E-state index >= 15 is 0 Å². The van der Waals surface area contributed by atoms with E-state index in [1.54, 1.807) is 36.2 Å². The van der Waals surface area contributed by atoms with Gasteiger partial charge in [0.1, 0.15) is 5.82 Å². The number of rotatable bonds is 5. The Balaban J connectivity index is 1.50. The van der Waals surface area contributed by atoms with Gasteiger partial charge in [0, 0.05) is 39.8 Å². The SMILES string of the molecule is CN(Cc1ccc(Cl)c(Cl)c1)C(=O)CN1CCN(c2ccccc2F)CC1. The van der Waals surface area contributed by atoms with E-state index in [0.29, 0.717) is 41.9 Å². The van der Waals surface area contributed by atoms with Crippen molar-refractivity contribution >= 4 is 34.8 Å². The molecule has 144 valence electrons. The molecule has 1 amide bonds. The van der Waals surface area contributed by atoms with Crippen molar-refractivity contribution in [2.45, 2.75) is 6.54 Å². The van der Waals surface area contributed by atoms with E-state index in [1.807, 2.05) is 17.0 Å². The molecule has 2 aromatic rings. The normalized spacial score (nSPS) is 15.0. The second kappa shape index (κ2) is 8.91. The topological polar surface area (TPSA) is 26.8 Å². The van der Waals surface area contributed by atoms with Gasteiger partial charge in [0.05, 0.1) is 22.3 Å². The zero-order valence-electron chi connectivity index (χ0n) is 15.2. The molecule has 27 heavy (non-hydrogen) atoms. The zero-order valence-corrected chi connectivity index (χ0v) is 16.7. The molecule has 1 fully saturated rings. The minimum Gasteiger partial charge on any atom is -0.367 e. The number of piperazine rings is 1. The Bertz CT molecular complexity index is 810. The number of amides is 1. The standard InChI is InChI=1S/C20H22Cl2FN3O/c1-24(13-15-6-7-16(21)17(22)12-15)20(27)14-25-8-10-26(11-9-25)19-5-3-2-4-18(19)23/h2-7,12H,8-11,13-14H2,1H3. The number of benzene rings is 2. The fourth-order valence-electron chi connectivity index (χ4n) is 3.17. The van der Waals surface area contributed by atoms with E-state index in [1.165, 1.54) is 6.07 Å². The van der Waals surface area contributed by atoms with Crippen LogP contribution in [0.1, 0.15) is 5.56 Å². The third kappa shape index (κ3) is 5.12. The van der Waals surface area contributed by atoms with Gasteiger partial charge in [0.25, 0.3) is 0 Å². The van der Waals surface area contributed by atoms with Gasteiger partial charge in [0.2, 0.25) is 5.91 Å². The summed E-state index contributed by atoms with van der Waals surface area (Å²) in [5.41, 5.74) is 1.56. The average molecular weight is 410 g/mol. The molecule has 0 saturated carbocycles. The Kier molecular flexibility index (Phi) is 6.58. The third-order valence-electron chi connectivity index (χ3n) is 4.75. The van der Waals surface area contributed by atoms with Gasteiger partial charge in [-0.2, -0.15) is 0 Å². The maximum atomic E-state index is 13.9.